The standard InChI is InChI=1S/C18H24N4O2/c1-2-6-21-9-14(10-22-12-19-11-20-22)24-18-8-15-13(7-16(18)21)4-3-5-17(15)23/h3-5,11-12,14,16,18,23H,2,6-10H2,1H3/t14-,16+,18+/m0/s1. The van der Waals surface area contributed by atoms with Crippen LogP contribution in [0, 0.1) is 0 Å². The minimum absolute atomic E-state index is 0.104. The summed E-state index contributed by atoms with van der Waals surface area (Å²) in [5, 5.41) is 14.4. The lowest BCUT2D eigenvalue weighted by atomic mass is 9.83. The first-order valence-corrected chi connectivity index (χ1v) is 8.76. The molecule has 24 heavy (non-hydrogen) atoms. The van der Waals surface area contributed by atoms with Gasteiger partial charge in [-0.2, -0.15) is 5.10 Å². The van der Waals surface area contributed by atoms with Crippen LogP contribution in [0.2, 0.25) is 0 Å². The van der Waals surface area contributed by atoms with Gasteiger partial charge in [0, 0.05) is 19.0 Å². The van der Waals surface area contributed by atoms with Crippen LogP contribution in [-0.4, -0.2) is 56.1 Å². The normalized spacial score (nSPS) is 26.8. The molecule has 6 nitrogen and oxygen atoms in total. The van der Waals surface area contributed by atoms with E-state index in [-0.39, 0.29) is 12.2 Å². The first-order chi connectivity index (χ1) is 11.7. The molecule has 1 fully saturated rings. The molecular formula is C18H24N4O2. The number of hydrogen-bond acceptors (Lipinski definition) is 5. The van der Waals surface area contributed by atoms with Gasteiger partial charge in [0.1, 0.15) is 18.4 Å². The second-order valence-electron chi connectivity index (χ2n) is 6.80. The zero-order valence-corrected chi connectivity index (χ0v) is 14.0. The summed E-state index contributed by atoms with van der Waals surface area (Å²) < 4.78 is 8.25. The van der Waals surface area contributed by atoms with Crippen molar-refractivity contribution in [3.63, 3.8) is 0 Å². The Bertz CT molecular complexity index is 688. The number of aromatic hydroxyl groups is 1. The van der Waals surface area contributed by atoms with Crippen LogP contribution in [0.4, 0.5) is 0 Å². The van der Waals surface area contributed by atoms with Crippen molar-refractivity contribution in [1.82, 2.24) is 19.7 Å². The molecule has 0 amide bonds. The lowest BCUT2D eigenvalue weighted by molar-refractivity contribution is -0.128. The number of morpholine rings is 1. The fourth-order valence-corrected chi connectivity index (χ4v) is 4.11. The Kier molecular flexibility index (Phi) is 4.24. The van der Waals surface area contributed by atoms with Gasteiger partial charge < -0.3 is 9.84 Å². The molecule has 1 aliphatic heterocycles. The summed E-state index contributed by atoms with van der Waals surface area (Å²) in [5.74, 6) is 0.398. The Morgan fingerprint density at radius 1 is 1.33 bits per heavy atom. The highest BCUT2D eigenvalue weighted by Crippen LogP contribution is 2.35. The second kappa shape index (κ2) is 6.53. The Balaban J connectivity index is 1.57. The monoisotopic (exact) mass is 328 g/mol. The largest absolute Gasteiger partial charge is 0.508 e. The SMILES string of the molecule is CCCN1C[C@@H](Cn2cncn2)O[C@@H]2Cc3c(O)cccc3C[C@H]21. The average Bonchev–Trinajstić information content (AvgIpc) is 3.07. The number of rotatable bonds is 4. The van der Waals surface area contributed by atoms with Crippen LogP contribution in [0.3, 0.4) is 0 Å². The highest BCUT2D eigenvalue weighted by molar-refractivity contribution is 5.42. The van der Waals surface area contributed by atoms with Crippen LogP contribution in [-0.2, 0) is 24.1 Å². The first-order valence-electron chi connectivity index (χ1n) is 8.76. The molecule has 1 aromatic heterocycles. The molecule has 0 bridgehead atoms. The number of aromatic nitrogens is 3. The van der Waals surface area contributed by atoms with Crippen LogP contribution < -0.4 is 0 Å². The van der Waals surface area contributed by atoms with Crippen molar-refractivity contribution < 1.29 is 9.84 Å². The van der Waals surface area contributed by atoms with Crippen LogP contribution >= 0.6 is 0 Å². The van der Waals surface area contributed by atoms with E-state index in [0.29, 0.717) is 11.8 Å². The van der Waals surface area contributed by atoms with Gasteiger partial charge in [-0.15, -0.1) is 0 Å². The number of fused-ring (bicyclic) bond motifs is 2. The summed E-state index contributed by atoms with van der Waals surface area (Å²) in [6.07, 6.45) is 6.38. The molecule has 3 atom stereocenters. The van der Waals surface area contributed by atoms with E-state index in [0.717, 1.165) is 44.5 Å². The molecule has 128 valence electrons. The van der Waals surface area contributed by atoms with Crippen molar-refractivity contribution in [3.05, 3.63) is 42.0 Å². The lowest BCUT2D eigenvalue weighted by Crippen LogP contribution is -2.58. The maximum absolute atomic E-state index is 10.2. The molecule has 0 saturated carbocycles. The van der Waals surface area contributed by atoms with Crippen molar-refractivity contribution in [2.24, 2.45) is 0 Å². The summed E-state index contributed by atoms with van der Waals surface area (Å²) in [7, 11) is 0. The molecule has 1 aromatic carbocycles. The van der Waals surface area contributed by atoms with Gasteiger partial charge >= 0.3 is 0 Å². The average molecular weight is 328 g/mol. The minimum atomic E-state index is 0.104. The number of ether oxygens (including phenoxy) is 1. The number of phenols is 1. The molecule has 0 unspecified atom stereocenters. The highest BCUT2D eigenvalue weighted by atomic mass is 16.5. The molecule has 1 saturated heterocycles. The third-order valence-corrected chi connectivity index (χ3v) is 5.15. The Labute approximate surface area is 142 Å². The van der Waals surface area contributed by atoms with Crippen LogP contribution in [0.15, 0.2) is 30.9 Å². The van der Waals surface area contributed by atoms with Crippen molar-refractivity contribution in [3.8, 4) is 5.75 Å². The summed E-state index contributed by atoms with van der Waals surface area (Å²) in [6, 6.07) is 6.25. The highest BCUT2D eigenvalue weighted by Gasteiger charge is 2.40. The number of benzene rings is 1. The number of phenolic OH excluding ortho intramolecular Hbond substituents is 1. The van der Waals surface area contributed by atoms with Gasteiger partial charge in [-0.25, -0.2) is 4.98 Å². The van der Waals surface area contributed by atoms with E-state index in [1.165, 1.54) is 5.56 Å². The van der Waals surface area contributed by atoms with Crippen molar-refractivity contribution >= 4 is 0 Å². The van der Waals surface area contributed by atoms with Gasteiger partial charge in [-0.3, -0.25) is 9.58 Å². The van der Waals surface area contributed by atoms with Crippen LogP contribution in [0.5, 0.6) is 5.75 Å². The van der Waals surface area contributed by atoms with E-state index in [1.54, 1.807) is 18.7 Å². The van der Waals surface area contributed by atoms with E-state index in [1.807, 2.05) is 10.7 Å². The van der Waals surface area contributed by atoms with Gasteiger partial charge in [-0.1, -0.05) is 19.1 Å². The fraction of sp³-hybridized carbons (Fsp3) is 0.556. The van der Waals surface area contributed by atoms with E-state index in [9.17, 15) is 5.11 Å². The predicted molar refractivity (Wildman–Crippen MR) is 89.8 cm³/mol. The molecule has 2 aromatic rings. The molecule has 2 heterocycles. The Morgan fingerprint density at radius 2 is 2.25 bits per heavy atom. The van der Waals surface area contributed by atoms with Crippen LogP contribution in [0.25, 0.3) is 0 Å². The molecule has 6 heteroatoms. The predicted octanol–water partition coefficient (Wildman–Crippen LogP) is 1.63. The molecule has 0 radical (unpaired) electrons. The molecule has 1 aliphatic carbocycles. The van der Waals surface area contributed by atoms with E-state index in [4.69, 9.17) is 4.74 Å². The number of nitrogens with zero attached hydrogens (tertiary/aromatic N) is 4. The minimum Gasteiger partial charge on any atom is -0.508 e. The molecule has 0 spiro atoms. The summed E-state index contributed by atoms with van der Waals surface area (Å²) >= 11 is 0. The maximum Gasteiger partial charge on any atom is 0.137 e. The van der Waals surface area contributed by atoms with Gasteiger partial charge in [0.25, 0.3) is 0 Å². The Morgan fingerprint density at radius 3 is 3.04 bits per heavy atom. The summed E-state index contributed by atoms with van der Waals surface area (Å²) in [4.78, 5) is 6.57. The van der Waals surface area contributed by atoms with Crippen LogP contribution in [0.1, 0.15) is 24.5 Å². The molecular weight excluding hydrogens is 304 g/mol. The third-order valence-electron chi connectivity index (χ3n) is 5.15. The maximum atomic E-state index is 10.2. The zero-order valence-electron chi connectivity index (χ0n) is 14.0. The Hall–Kier alpha value is -1.92. The van der Waals surface area contributed by atoms with Gasteiger partial charge in [0.15, 0.2) is 0 Å². The third kappa shape index (κ3) is 2.91. The molecule has 1 N–H and O–H groups in total. The quantitative estimate of drug-likeness (QED) is 0.924. The van der Waals surface area contributed by atoms with Crippen molar-refractivity contribution in [1.29, 1.82) is 0 Å². The van der Waals surface area contributed by atoms with E-state index >= 15 is 0 Å². The fourth-order valence-electron chi connectivity index (χ4n) is 4.11. The second-order valence-corrected chi connectivity index (χ2v) is 6.80. The molecule has 4 rings (SSSR count). The number of hydrogen-bond donors (Lipinski definition) is 1. The van der Waals surface area contributed by atoms with E-state index < -0.39 is 0 Å². The lowest BCUT2D eigenvalue weighted by Gasteiger charge is -2.47. The van der Waals surface area contributed by atoms with Gasteiger partial charge in [0.05, 0.1) is 18.8 Å². The van der Waals surface area contributed by atoms with Crippen molar-refractivity contribution in [2.75, 3.05) is 13.1 Å². The van der Waals surface area contributed by atoms with Crippen molar-refractivity contribution in [2.45, 2.75) is 51.0 Å². The summed E-state index contributed by atoms with van der Waals surface area (Å²) in [5.41, 5.74) is 2.31. The smallest absolute Gasteiger partial charge is 0.137 e. The molecule has 2 aliphatic rings. The zero-order chi connectivity index (χ0) is 16.5. The van der Waals surface area contributed by atoms with Gasteiger partial charge in [0.2, 0.25) is 0 Å². The first kappa shape index (κ1) is 15.6. The summed E-state index contributed by atoms with van der Waals surface area (Å²) in [6.45, 7) is 4.94. The van der Waals surface area contributed by atoms with E-state index in [2.05, 4.69) is 28.0 Å². The topological polar surface area (TPSA) is 63.4 Å². The van der Waals surface area contributed by atoms with Gasteiger partial charge in [-0.05, 0) is 36.6 Å².